The molecule has 0 aliphatic carbocycles. The van der Waals surface area contributed by atoms with Crippen molar-refractivity contribution >= 4 is 40.0 Å². The number of anilines is 1. The van der Waals surface area contributed by atoms with Gasteiger partial charge >= 0.3 is 0 Å². The van der Waals surface area contributed by atoms with Crippen LogP contribution in [0, 0.1) is 5.92 Å². The number of nitrogens with zero attached hydrogens (tertiary/aromatic N) is 2. The summed E-state index contributed by atoms with van der Waals surface area (Å²) in [5.74, 6) is 0.554. The van der Waals surface area contributed by atoms with Crippen LogP contribution in [0.25, 0.3) is 11.0 Å². The highest BCUT2D eigenvalue weighted by Crippen LogP contribution is 2.31. The molecular weight excluding hydrogens is 254 g/mol. The minimum Gasteiger partial charge on any atom is -0.379 e. The highest BCUT2D eigenvalue weighted by atomic mass is 35.5. The molecule has 0 amide bonds. The summed E-state index contributed by atoms with van der Waals surface area (Å²) in [6, 6.07) is 4.18. The summed E-state index contributed by atoms with van der Waals surface area (Å²) >= 11 is 7.46. The Morgan fingerprint density at radius 2 is 2.12 bits per heavy atom. The van der Waals surface area contributed by atoms with Gasteiger partial charge in [-0.1, -0.05) is 32.4 Å². The van der Waals surface area contributed by atoms with Gasteiger partial charge in [0.1, 0.15) is 11.0 Å². The van der Waals surface area contributed by atoms with Crippen LogP contribution in [0.1, 0.15) is 27.2 Å². The number of halogens is 1. The molecule has 0 aliphatic heterocycles. The molecule has 1 unspecified atom stereocenters. The standard InChI is InChI=1S/C12H16ClN3S/c1-4-9(7(2)3)14-11-8(13)5-6-10-12(11)16-17-15-10/h5-7,9,14H,4H2,1-3H3. The number of fused-ring (bicyclic) bond motifs is 1. The first-order valence-electron chi connectivity index (χ1n) is 5.80. The highest BCUT2D eigenvalue weighted by molar-refractivity contribution is 7.00. The number of hydrogen-bond acceptors (Lipinski definition) is 4. The SMILES string of the molecule is CCC(Nc1c(Cl)ccc2nsnc12)C(C)C. The first-order chi connectivity index (χ1) is 8.13. The molecule has 1 N–H and O–H groups in total. The van der Waals surface area contributed by atoms with Crippen LogP contribution in [0.5, 0.6) is 0 Å². The van der Waals surface area contributed by atoms with E-state index in [0.717, 1.165) is 23.1 Å². The van der Waals surface area contributed by atoms with E-state index < -0.39 is 0 Å². The zero-order valence-corrected chi connectivity index (χ0v) is 11.8. The van der Waals surface area contributed by atoms with Crippen LogP contribution in [-0.2, 0) is 0 Å². The lowest BCUT2D eigenvalue weighted by molar-refractivity contribution is 0.511. The van der Waals surface area contributed by atoms with E-state index in [-0.39, 0.29) is 0 Å². The summed E-state index contributed by atoms with van der Waals surface area (Å²) in [6.45, 7) is 6.58. The van der Waals surface area contributed by atoms with Crippen LogP contribution >= 0.6 is 23.3 Å². The van der Waals surface area contributed by atoms with Gasteiger partial charge in [0.15, 0.2) is 0 Å². The van der Waals surface area contributed by atoms with E-state index in [4.69, 9.17) is 11.6 Å². The Morgan fingerprint density at radius 3 is 2.76 bits per heavy atom. The second-order valence-electron chi connectivity index (χ2n) is 4.46. The molecule has 3 nitrogen and oxygen atoms in total. The average Bonchev–Trinajstić information content (AvgIpc) is 2.75. The van der Waals surface area contributed by atoms with E-state index in [1.165, 1.54) is 11.7 Å². The third-order valence-corrected chi connectivity index (χ3v) is 3.81. The zero-order valence-electron chi connectivity index (χ0n) is 10.2. The second-order valence-corrected chi connectivity index (χ2v) is 5.39. The van der Waals surface area contributed by atoms with Crippen LogP contribution in [0.15, 0.2) is 12.1 Å². The average molecular weight is 270 g/mol. The molecule has 17 heavy (non-hydrogen) atoms. The van der Waals surface area contributed by atoms with Crippen molar-refractivity contribution in [2.24, 2.45) is 5.92 Å². The Labute approximate surface area is 111 Å². The van der Waals surface area contributed by atoms with Gasteiger partial charge in [0.2, 0.25) is 0 Å². The van der Waals surface area contributed by atoms with E-state index in [0.29, 0.717) is 17.0 Å². The molecular formula is C12H16ClN3S. The van der Waals surface area contributed by atoms with Crippen LogP contribution in [0.3, 0.4) is 0 Å². The smallest absolute Gasteiger partial charge is 0.129 e. The lowest BCUT2D eigenvalue weighted by atomic mass is 10.0. The third kappa shape index (κ3) is 2.53. The first kappa shape index (κ1) is 12.6. The molecule has 0 saturated carbocycles. The topological polar surface area (TPSA) is 37.8 Å². The van der Waals surface area contributed by atoms with Crippen molar-refractivity contribution in [1.29, 1.82) is 0 Å². The third-order valence-electron chi connectivity index (χ3n) is 2.95. The predicted octanol–water partition coefficient (Wildman–Crippen LogP) is 4.19. The van der Waals surface area contributed by atoms with Crippen molar-refractivity contribution in [3.8, 4) is 0 Å². The molecule has 0 radical (unpaired) electrons. The van der Waals surface area contributed by atoms with Gasteiger partial charge in [0, 0.05) is 6.04 Å². The van der Waals surface area contributed by atoms with Crippen LogP contribution < -0.4 is 5.32 Å². The summed E-state index contributed by atoms with van der Waals surface area (Å²) in [4.78, 5) is 0. The fraction of sp³-hybridized carbons (Fsp3) is 0.500. The van der Waals surface area contributed by atoms with Gasteiger partial charge in [-0.2, -0.15) is 8.75 Å². The molecule has 5 heteroatoms. The van der Waals surface area contributed by atoms with Crippen molar-refractivity contribution in [2.45, 2.75) is 33.2 Å². The molecule has 1 atom stereocenters. The first-order valence-corrected chi connectivity index (χ1v) is 6.91. The highest BCUT2D eigenvalue weighted by Gasteiger charge is 2.16. The number of aromatic nitrogens is 2. The van der Waals surface area contributed by atoms with E-state index in [1.807, 2.05) is 12.1 Å². The van der Waals surface area contributed by atoms with Crippen LogP contribution in [-0.4, -0.2) is 14.8 Å². The van der Waals surface area contributed by atoms with E-state index >= 15 is 0 Å². The van der Waals surface area contributed by atoms with Crippen molar-refractivity contribution in [1.82, 2.24) is 8.75 Å². The van der Waals surface area contributed by atoms with E-state index in [2.05, 4.69) is 34.8 Å². The van der Waals surface area contributed by atoms with Crippen molar-refractivity contribution in [2.75, 3.05) is 5.32 Å². The normalized spacial score (nSPS) is 13.2. The Kier molecular flexibility index (Phi) is 3.84. The molecule has 1 heterocycles. The van der Waals surface area contributed by atoms with E-state index in [1.54, 1.807) is 0 Å². The van der Waals surface area contributed by atoms with Gasteiger partial charge < -0.3 is 5.32 Å². The largest absolute Gasteiger partial charge is 0.379 e. The molecule has 2 rings (SSSR count). The maximum Gasteiger partial charge on any atom is 0.129 e. The Morgan fingerprint density at radius 1 is 1.35 bits per heavy atom. The fourth-order valence-corrected chi connectivity index (χ4v) is 2.64. The summed E-state index contributed by atoms with van der Waals surface area (Å²) < 4.78 is 8.54. The quantitative estimate of drug-likeness (QED) is 0.904. The minimum absolute atomic E-state index is 0.403. The van der Waals surface area contributed by atoms with Crippen LogP contribution in [0.2, 0.25) is 5.02 Å². The number of rotatable bonds is 4. The van der Waals surface area contributed by atoms with Gasteiger partial charge in [0.05, 0.1) is 22.4 Å². The number of hydrogen-bond donors (Lipinski definition) is 1. The molecule has 1 aromatic heterocycles. The van der Waals surface area contributed by atoms with Gasteiger partial charge in [0.25, 0.3) is 0 Å². The lowest BCUT2D eigenvalue weighted by Gasteiger charge is -2.22. The maximum absolute atomic E-state index is 6.24. The molecule has 92 valence electrons. The Balaban J connectivity index is 2.40. The van der Waals surface area contributed by atoms with Gasteiger partial charge in [-0.05, 0) is 24.5 Å². The molecule has 0 fully saturated rings. The van der Waals surface area contributed by atoms with Crippen molar-refractivity contribution < 1.29 is 0 Å². The van der Waals surface area contributed by atoms with Crippen molar-refractivity contribution in [3.05, 3.63) is 17.2 Å². The zero-order chi connectivity index (χ0) is 12.4. The lowest BCUT2D eigenvalue weighted by Crippen LogP contribution is -2.24. The molecule has 0 aliphatic rings. The number of benzene rings is 1. The maximum atomic E-state index is 6.24. The molecule has 0 bridgehead atoms. The fourth-order valence-electron chi connectivity index (χ4n) is 1.89. The summed E-state index contributed by atoms with van der Waals surface area (Å²) in [7, 11) is 0. The minimum atomic E-state index is 0.403. The monoisotopic (exact) mass is 269 g/mol. The number of nitrogens with one attached hydrogen (secondary N) is 1. The molecule has 0 spiro atoms. The predicted molar refractivity (Wildman–Crippen MR) is 75.0 cm³/mol. The van der Waals surface area contributed by atoms with Gasteiger partial charge in [-0.3, -0.25) is 0 Å². The van der Waals surface area contributed by atoms with Gasteiger partial charge in [-0.15, -0.1) is 0 Å². The van der Waals surface area contributed by atoms with E-state index in [9.17, 15) is 0 Å². The Bertz CT molecular complexity index is 509. The van der Waals surface area contributed by atoms with Crippen LogP contribution in [0.4, 0.5) is 5.69 Å². The van der Waals surface area contributed by atoms with Gasteiger partial charge in [-0.25, -0.2) is 0 Å². The Hall–Kier alpha value is -0.870. The summed E-state index contributed by atoms with van der Waals surface area (Å²) in [5, 5.41) is 4.21. The molecule has 1 aromatic carbocycles. The molecule has 2 aromatic rings. The second kappa shape index (κ2) is 5.19. The summed E-state index contributed by atoms with van der Waals surface area (Å²) in [6.07, 6.45) is 1.06. The summed E-state index contributed by atoms with van der Waals surface area (Å²) in [5.41, 5.74) is 2.69. The van der Waals surface area contributed by atoms with Crippen molar-refractivity contribution in [3.63, 3.8) is 0 Å². The molecule has 0 saturated heterocycles.